The lowest BCUT2D eigenvalue weighted by Crippen LogP contribution is -2.46. The van der Waals surface area contributed by atoms with E-state index < -0.39 is 0 Å². The summed E-state index contributed by atoms with van der Waals surface area (Å²) in [5.41, 5.74) is -0.229. The van der Waals surface area contributed by atoms with Gasteiger partial charge < -0.3 is 0 Å². The molecule has 112 valence electrons. The first-order valence-corrected chi connectivity index (χ1v) is 8.70. The quantitative estimate of drug-likeness (QED) is 0.857. The Bertz CT molecular complexity index is 375. The number of rotatable bonds is 4. The average Bonchev–Trinajstić information content (AvgIpc) is 3.09. The molecule has 3 fully saturated rings. The van der Waals surface area contributed by atoms with E-state index in [9.17, 15) is 5.26 Å². The van der Waals surface area contributed by atoms with Crippen LogP contribution in [0.15, 0.2) is 0 Å². The van der Waals surface area contributed by atoms with Gasteiger partial charge in [-0.2, -0.15) is 5.26 Å². The van der Waals surface area contributed by atoms with Crippen molar-refractivity contribution >= 4 is 0 Å². The number of nitrogens with one attached hydrogen (secondary N) is 1. The fraction of sp³-hybridized carbons (Fsp3) is 0.941. The van der Waals surface area contributed by atoms with Crippen molar-refractivity contribution in [2.45, 2.75) is 82.3 Å². The summed E-state index contributed by atoms with van der Waals surface area (Å²) in [7, 11) is 0. The van der Waals surface area contributed by atoms with Crippen LogP contribution in [0.4, 0.5) is 0 Å². The minimum atomic E-state index is -0.229. The monoisotopic (exact) mass is 275 g/mol. The Morgan fingerprint density at radius 1 is 1.25 bits per heavy atom. The number of nitrogens with zero attached hydrogens (tertiary/aromatic N) is 2. The smallest absolute Gasteiger partial charge is 0.108 e. The Kier molecular flexibility index (Phi) is 4.33. The highest BCUT2D eigenvalue weighted by atomic mass is 15.2. The number of likely N-dealkylation sites (tertiary alicyclic amines) is 1. The number of fused-ring (bicyclic) bond motifs is 1. The topological polar surface area (TPSA) is 39.1 Å². The van der Waals surface area contributed by atoms with Crippen molar-refractivity contribution in [3.63, 3.8) is 0 Å². The van der Waals surface area contributed by atoms with Crippen molar-refractivity contribution in [2.75, 3.05) is 13.1 Å². The highest BCUT2D eigenvalue weighted by molar-refractivity contribution is 5.14. The maximum absolute atomic E-state index is 9.61. The zero-order chi connectivity index (χ0) is 14.0. The zero-order valence-corrected chi connectivity index (χ0v) is 12.9. The van der Waals surface area contributed by atoms with Crippen LogP contribution >= 0.6 is 0 Å². The van der Waals surface area contributed by atoms with Crippen LogP contribution in [0.5, 0.6) is 0 Å². The van der Waals surface area contributed by atoms with Gasteiger partial charge in [-0.05, 0) is 64.0 Å². The molecule has 4 atom stereocenters. The third kappa shape index (κ3) is 2.61. The van der Waals surface area contributed by atoms with E-state index >= 15 is 0 Å². The molecule has 0 spiro atoms. The van der Waals surface area contributed by atoms with Gasteiger partial charge >= 0.3 is 0 Å². The van der Waals surface area contributed by atoms with Gasteiger partial charge in [-0.25, -0.2) is 0 Å². The predicted octanol–water partition coefficient (Wildman–Crippen LogP) is 3.07. The van der Waals surface area contributed by atoms with Crippen molar-refractivity contribution < 1.29 is 0 Å². The molecular formula is C17H29N3. The van der Waals surface area contributed by atoms with Gasteiger partial charge in [-0.1, -0.05) is 19.8 Å². The lowest BCUT2D eigenvalue weighted by molar-refractivity contribution is 0.130. The minimum Gasteiger partial charge on any atom is -0.299 e. The molecule has 1 heterocycles. The summed E-state index contributed by atoms with van der Waals surface area (Å²) in [5, 5.41) is 13.1. The van der Waals surface area contributed by atoms with Gasteiger partial charge in [0.25, 0.3) is 0 Å². The molecule has 2 aliphatic carbocycles. The summed E-state index contributed by atoms with van der Waals surface area (Å²) in [5.74, 6) is 0.962. The van der Waals surface area contributed by atoms with Crippen LogP contribution in [0.3, 0.4) is 0 Å². The summed E-state index contributed by atoms with van der Waals surface area (Å²) < 4.78 is 0. The lowest BCUT2D eigenvalue weighted by atomic mass is 9.85. The number of hydrogen-bond acceptors (Lipinski definition) is 3. The van der Waals surface area contributed by atoms with Gasteiger partial charge in [0.05, 0.1) is 6.07 Å². The van der Waals surface area contributed by atoms with Gasteiger partial charge in [0.15, 0.2) is 0 Å². The maximum Gasteiger partial charge on any atom is 0.108 e. The molecule has 0 radical (unpaired) electrons. The molecule has 1 aliphatic heterocycles. The second-order valence-electron chi connectivity index (χ2n) is 7.16. The van der Waals surface area contributed by atoms with E-state index in [1.807, 2.05) is 0 Å². The van der Waals surface area contributed by atoms with Gasteiger partial charge in [0.2, 0.25) is 0 Å². The maximum atomic E-state index is 9.61. The third-order valence-electron chi connectivity index (χ3n) is 5.94. The van der Waals surface area contributed by atoms with Crippen molar-refractivity contribution in [1.29, 1.82) is 5.26 Å². The first kappa shape index (κ1) is 14.4. The van der Waals surface area contributed by atoms with Gasteiger partial charge in [-0.3, -0.25) is 10.2 Å². The van der Waals surface area contributed by atoms with Crippen LogP contribution in [0, 0.1) is 17.2 Å². The van der Waals surface area contributed by atoms with E-state index in [0.29, 0.717) is 6.04 Å². The predicted molar refractivity (Wildman–Crippen MR) is 81.3 cm³/mol. The largest absolute Gasteiger partial charge is 0.299 e. The van der Waals surface area contributed by atoms with E-state index in [0.717, 1.165) is 37.8 Å². The molecule has 3 aliphatic rings. The Hall–Kier alpha value is -0.590. The molecule has 20 heavy (non-hydrogen) atoms. The molecule has 0 amide bonds. The van der Waals surface area contributed by atoms with Crippen LogP contribution in [0.2, 0.25) is 0 Å². The van der Waals surface area contributed by atoms with Gasteiger partial charge in [-0.15, -0.1) is 0 Å². The highest BCUT2D eigenvalue weighted by Crippen LogP contribution is 2.42. The Labute approximate surface area is 123 Å². The number of nitriles is 1. The first-order valence-electron chi connectivity index (χ1n) is 8.70. The summed E-state index contributed by atoms with van der Waals surface area (Å²) >= 11 is 0. The van der Waals surface area contributed by atoms with Gasteiger partial charge in [0.1, 0.15) is 5.54 Å². The molecule has 4 unspecified atom stereocenters. The fourth-order valence-corrected chi connectivity index (χ4v) is 4.86. The van der Waals surface area contributed by atoms with E-state index in [4.69, 9.17) is 0 Å². The van der Waals surface area contributed by atoms with Crippen LogP contribution in [-0.4, -0.2) is 35.6 Å². The average molecular weight is 275 g/mol. The molecule has 0 aromatic heterocycles. The van der Waals surface area contributed by atoms with Crippen LogP contribution < -0.4 is 5.32 Å². The Morgan fingerprint density at radius 3 is 2.90 bits per heavy atom. The molecule has 0 aromatic carbocycles. The molecule has 0 aromatic rings. The SMILES string of the molecule is CCCNC1(C#N)CCC(N2CCC3CCCCC32)C1. The van der Waals surface area contributed by atoms with Crippen LogP contribution in [-0.2, 0) is 0 Å². The normalized spacial score (nSPS) is 41.5. The molecule has 1 saturated heterocycles. The van der Waals surface area contributed by atoms with Gasteiger partial charge in [0, 0.05) is 12.1 Å². The van der Waals surface area contributed by atoms with E-state index in [1.54, 1.807) is 0 Å². The summed E-state index contributed by atoms with van der Waals surface area (Å²) in [6, 6.07) is 4.10. The summed E-state index contributed by atoms with van der Waals surface area (Å²) in [6.07, 6.45) is 11.5. The Balaban J connectivity index is 1.63. The van der Waals surface area contributed by atoms with Crippen molar-refractivity contribution in [2.24, 2.45) is 5.92 Å². The van der Waals surface area contributed by atoms with E-state index in [1.165, 1.54) is 45.1 Å². The van der Waals surface area contributed by atoms with Crippen molar-refractivity contribution in [3.05, 3.63) is 0 Å². The first-order chi connectivity index (χ1) is 9.78. The zero-order valence-electron chi connectivity index (χ0n) is 12.9. The van der Waals surface area contributed by atoms with E-state index in [-0.39, 0.29) is 5.54 Å². The highest BCUT2D eigenvalue weighted by Gasteiger charge is 2.46. The molecule has 3 heteroatoms. The van der Waals surface area contributed by atoms with Crippen molar-refractivity contribution in [3.8, 4) is 6.07 Å². The molecule has 3 nitrogen and oxygen atoms in total. The third-order valence-corrected chi connectivity index (χ3v) is 5.94. The second-order valence-corrected chi connectivity index (χ2v) is 7.16. The molecule has 2 saturated carbocycles. The summed E-state index contributed by atoms with van der Waals surface area (Å²) in [4.78, 5) is 2.79. The van der Waals surface area contributed by atoms with E-state index in [2.05, 4.69) is 23.2 Å². The molecule has 3 rings (SSSR count). The Morgan fingerprint density at radius 2 is 2.10 bits per heavy atom. The lowest BCUT2D eigenvalue weighted by Gasteiger charge is -2.36. The minimum absolute atomic E-state index is 0.229. The van der Waals surface area contributed by atoms with Crippen LogP contribution in [0.1, 0.15) is 64.7 Å². The molecule has 0 bridgehead atoms. The molecule has 1 N–H and O–H groups in total. The van der Waals surface area contributed by atoms with Crippen molar-refractivity contribution in [1.82, 2.24) is 10.2 Å². The second kappa shape index (κ2) is 6.03. The number of hydrogen-bond donors (Lipinski definition) is 1. The molecular weight excluding hydrogens is 246 g/mol. The van der Waals surface area contributed by atoms with Crippen LogP contribution in [0.25, 0.3) is 0 Å². The fourth-order valence-electron chi connectivity index (χ4n) is 4.86. The summed E-state index contributed by atoms with van der Waals surface area (Å²) in [6.45, 7) is 4.44. The standard InChI is InChI=1S/C17H29N3/c1-2-10-19-17(13-18)9-7-15(12-17)20-11-8-14-5-3-4-6-16(14)20/h14-16,19H,2-12H2,1H3.